The molecular formula is C24H24N4O3. The largest absolute Gasteiger partial charge is 0.490 e. The normalized spacial score (nSPS) is 13.2. The van der Waals surface area contributed by atoms with E-state index in [0.717, 1.165) is 37.9 Å². The van der Waals surface area contributed by atoms with Gasteiger partial charge in [0.25, 0.3) is 5.89 Å². The first-order valence-electron chi connectivity index (χ1n) is 10.4. The van der Waals surface area contributed by atoms with Crippen molar-refractivity contribution in [1.82, 2.24) is 15.0 Å². The number of rotatable bonds is 8. The number of aromatic nitrogens is 2. The first kappa shape index (κ1) is 20.8. The number of fused-ring (bicyclic) bond motifs is 1. The Kier molecular flexibility index (Phi) is 6.10. The number of hydrogen-bond donors (Lipinski definition) is 0. The van der Waals surface area contributed by atoms with Gasteiger partial charge in [0, 0.05) is 30.6 Å². The molecule has 0 unspecified atom stereocenters. The minimum atomic E-state index is -0.0221. The number of benzene rings is 2. The molecule has 0 aliphatic carbocycles. The van der Waals surface area contributed by atoms with E-state index in [1.807, 2.05) is 32.0 Å². The number of aldehydes is 1. The van der Waals surface area contributed by atoms with Gasteiger partial charge in [0.1, 0.15) is 18.1 Å². The number of hydrogen-bond acceptors (Lipinski definition) is 7. The van der Waals surface area contributed by atoms with Gasteiger partial charge in [-0.3, -0.25) is 4.90 Å². The summed E-state index contributed by atoms with van der Waals surface area (Å²) >= 11 is 0. The van der Waals surface area contributed by atoms with Gasteiger partial charge in [-0.1, -0.05) is 23.4 Å². The molecule has 0 radical (unpaired) electrons. The first-order valence-corrected chi connectivity index (χ1v) is 10.4. The summed E-state index contributed by atoms with van der Waals surface area (Å²) in [5.41, 5.74) is 4.49. The molecule has 158 valence electrons. The maximum atomic E-state index is 10.6. The van der Waals surface area contributed by atoms with Crippen LogP contribution in [0.4, 0.5) is 0 Å². The summed E-state index contributed by atoms with van der Waals surface area (Å²) in [5.74, 6) is 1.43. The van der Waals surface area contributed by atoms with Gasteiger partial charge in [-0.25, -0.2) is 0 Å². The third-order valence-electron chi connectivity index (χ3n) is 5.22. The van der Waals surface area contributed by atoms with Gasteiger partial charge in [0.2, 0.25) is 5.82 Å². The second kappa shape index (κ2) is 9.11. The van der Waals surface area contributed by atoms with Crippen molar-refractivity contribution in [2.45, 2.75) is 45.9 Å². The second-order valence-electron chi connectivity index (χ2n) is 7.88. The summed E-state index contributed by atoms with van der Waals surface area (Å²) in [6, 6.07) is 13.6. The fourth-order valence-corrected chi connectivity index (χ4v) is 3.81. The number of carbonyl (C=O) groups is 1. The number of nitriles is 1. The number of nitrogens with zero attached hydrogens (tertiary/aromatic N) is 4. The number of unbranched alkanes of at least 4 members (excludes halogenated alkanes) is 1. The molecule has 0 saturated heterocycles. The van der Waals surface area contributed by atoms with Crippen LogP contribution in [0.2, 0.25) is 0 Å². The minimum absolute atomic E-state index is 0.0221. The molecule has 0 spiro atoms. The van der Waals surface area contributed by atoms with Crippen molar-refractivity contribution < 1.29 is 14.1 Å². The fraction of sp³-hybridized carbons (Fsp3) is 0.333. The number of ether oxygens (including phenoxy) is 1. The molecule has 0 N–H and O–H groups in total. The van der Waals surface area contributed by atoms with Crippen molar-refractivity contribution in [2.24, 2.45) is 0 Å². The fourth-order valence-electron chi connectivity index (χ4n) is 3.81. The van der Waals surface area contributed by atoms with Crippen molar-refractivity contribution in [3.8, 4) is 34.7 Å². The molecule has 0 fully saturated rings. The average Bonchev–Trinajstić information content (AvgIpc) is 3.40. The molecule has 4 rings (SSSR count). The Balaban J connectivity index is 1.58. The lowest BCUT2D eigenvalue weighted by molar-refractivity contribution is -0.108. The molecule has 31 heavy (non-hydrogen) atoms. The van der Waals surface area contributed by atoms with E-state index in [9.17, 15) is 10.1 Å². The van der Waals surface area contributed by atoms with Crippen LogP contribution in [-0.2, 0) is 17.9 Å². The standard InChI is InChI=1S/C24H24N4O3/c1-16(2)30-22-9-8-17(12-19(22)13-25)24-26-23(27-31-24)20-7-5-6-18-14-28(15-21(18)20)10-3-4-11-29/h5-9,11-12,16H,3-4,10,14-15H2,1-2H3. The topological polar surface area (TPSA) is 92.2 Å². The Morgan fingerprint density at radius 2 is 2.16 bits per heavy atom. The predicted molar refractivity (Wildman–Crippen MR) is 115 cm³/mol. The molecule has 0 amide bonds. The monoisotopic (exact) mass is 416 g/mol. The van der Waals surface area contributed by atoms with E-state index in [0.29, 0.717) is 35.0 Å². The van der Waals surface area contributed by atoms with Crippen molar-refractivity contribution in [3.63, 3.8) is 0 Å². The van der Waals surface area contributed by atoms with E-state index in [2.05, 4.69) is 27.2 Å². The molecule has 7 heteroatoms. The highest BCUT2D eigenvalue weighted by Gasteiger charge is 2.24. The first-order chi connectivity index (χ1) is 15.1. The predicted octanol–water partition coefficient (Wildman–Crippen LogP) is 4.36. The molecule has 0 saturated carbocycles. The summed E-state index contributed by atoms with van der Waals surface area (Å²) in [5, 5.41) is 13.7. The number of carbonyl (C=O) groups excluding carboxylic acids is 1. The van der Waals surface area contributed by atoms with E-state index >= 15 is 0 Å². The van der Waals surface area contributed by atoms with Crippen LogP contribution >= 0.6 is 0 Å². The van der Waals surface area contributed by atoms with Crippen molar-refractivity contribution in [3.05, 3.63) is 53.1 Å². The van der Waals surface area contributed by atoms with Gasteiger partial charge >= 0.3 is 0 Å². The Morgan fingerprint density at radius 3 is 2.94 bits per heavy atom. The Morgan fingerprint density at radius 1 is 1.29 bits per heavy atom. The van der Waals surface area contributed by atoms with Gasteiger partial charge < -0.3 is 14.1 Å². The minimum Gasteiger partial charge on any atom is -0.490 e. The SMILES string of the molecule is CC(C)Oc1ccc(-c2nc(-c3cccc4c3CN(CCCC=O)C4)no2)cc1C#N. The van der Waals surface area contributed by atoms with Crippen LogP contribution in [0.1, 0.15) is 43.4 Å². The van der Waals surface area contributed by atoms with E-state index < -0.39 is 0 Å². The average molecular weight is 416 g/mol. The zero-order chi connectivity index (χ0) is 21.8. The van der Waals surface area contributed by atoms with E-state index in [4.69, 9.17) is 9.26 Å². The van der Waals surface area contributed by atoms with Gasteiger partial charge in [0.15, 0.2) is 0 Å². The van der Waals surface area contributed by atoms with Crippen LogP contribution in [-0.4, -0.2) is 34.0 Å². The Bertz CT molecular complexity index is 1130. The summed E-state index contributed by atoms with van der Waals surface area (Å²) in [6.07, 6.45) is 2.39. The highest BCUT2D eigenvalue weighted by atomic mass is 16.5. The van der Waals surface area contributed by atoms with Crippen molar-refractivity contribution >= 4 is 6.29 Å². The molecule has 0 atom stereocenters. The molecule has 2 aromatic carbocycles. The third-order valence-corrected chi connectivity index (χ3v) is 5.22. The summed E-state index contributed by atoms with van der Waals surface area (Å²) in [6.45, 7) is 6.37. The lowest BCUT2D eigenvalue weighted by Gasteiger charge is -2.13. The maximum Gasteiger partial charge on any atom is 0.258 e. The quantitative estimate of drug-likeness (QED) is 0.398. The van der Waals surface area contributed by atoms with Crippen LogP contribution in [0.5, 0.6) is 5.75 Å². The third kappa shape index (κ3) is 4.49. The van der Waals surface area contributed by atoms with E-state index in [1.165, 1.54) is 11.1 Å². The summed E-state index contributed by atoms with van der Waals surface area (Å²) < 4.78 is 11.2. The smallest absolute Gasteiger partial charge is 0.258 e. The molecular weight excluding hydrogens is 392 g/mol. The lowest BCUT2D eigenvalue weighted by atomic mass is 10.0. The van der Waals surface area contributed by atoms with Crippen LogP contribution in [0.25, 0.3) is 22.8 Å². The molecule has 1 aliphatic rings. The summed E-state index contributed by atoms with van der Waals surface area (Å²) in [4.78, 5) is 17.5. The summed E-state index contributed by atoms with van der Waals surface area (Å²) in [7, 11) is 0. The molecule has 2 heterocycles. The maximum absolute atomic E-state index is 10.6. The van der Waals surface area contributed by atoms with Crippen LogP contribution in [0.15, 0.2) is 40.9 Å². The van der Waals surface area contributed by atoms with Crippen LogP contribution in [0, 0.1) is 11.3 Å². The van der Waals surface area contributed by atoms with E-state index in [-0.39, 0.29) is 6.10 Å². The lowest BCUT2D eigenvalue weighted by Crippen LogP contribution is -2.17. The Hall–Kier alpha value is -3.50. The molecule has 1 aliphatic heterocycles. The van der Waals surface area contributed by atoms with Crippen LogP contribution in [0.3, 0.4) is 0 Å². The molecule has 3 aromatic rings. The van der Waals surface area contributed by atoms with Crippen molar-refractivity contribution in [1.29, 1.82) is 5.26 Å². The van der Waals surface area contributed by atoms with Crippen LogP contribution < -0.4 is 4.74 Å². The van der Waals surface area contributed by atoms with Gasteiger partial charge in [-0.2, -0.15) is 10.2 Å². The Labute approximate surface area is 181 Å². The van der Waals surface area contributed by atoms with Gasteiger partial charge in [0.05, 0.1) is 11.7 Å². The van der Waals surface area contributed by atoms with Gasteiger partial charge in [-0.05, 0) is 56.1 Å². The van der Waals surface area contributed by atoms with Gasteiger partial charge in [-0.15, -0.1) is 0 Å². The van der Waals surface area contributed by atoms with Crippen molar-refractivity contribution in [2.75, 3.05) is 6.54 Å². The second-order valence-corrected chi connectivity index (χ2v) is 7.88. The van der Waals surface area contributed by atoms with E-state index in [1.54, 1.807) is 12.1 Å². The zero-order valence-electron chi connectivity index (χ0n) is 17.7. The highest BCUT2D eigenvalue weighted by molar-refractivity contribution is 5.66. The zero-order valence-corrected chi connectivity index (χ0v) is 17.7. The molecule has 7 nitrogen and oxygen atoms in total. The highest BCUT2D eigenvalue weighted by Crippen LogP contribution is 2.33. The molecule has 0 bridgehead atoms. The molecule has 1 aromatic heterocycles.